The Bertz CT molecular complexity index is 666. The molecule has 3 rings (SSSR count). The number of aromatic nitrogens is 2. The predicted octanol–water partition coefficient (Wildman–Crippen LogP) is -3.02. The summed E-state index contributed by atoms with van der Waals surface area (Å²) in [4.78, 5) is 28.0. The van der Waals surface area contributed by atoms with Crippen molar-refractivity contribution in [3.8, 4) is 0 Å². The number of morpholine rings is 1. The highest BCUT2D eigenvalue weighted by atomic mass is 16.6. The van der Waals surface area contributed by atoms with Crippen LogP contribution in [0.5, 0.6) is 0 Å². The molecule has 0 radical (unpaired) electrons. The van der Waals surface area contributed by atoms with Crippen molar-refractivity contribution in [2.45, 2.75) is 24.5 Å². The standard InChI is InChI=1S/C13H19N3O7/c17-6-8-9(18)10(19)12(23-8)16-5-7(11(20)14-13(16)21)15-1-3-22-4-2-15/h5,8-10,12,17-19H,1-4,6H2,(H,14,20,21)/t8-,9-,10-,12-/m1/s1. The summed E-state index contributed by atoms with van der Waals surface area (Å²) >= 11 is 0. The first-order valence-corrected chi connectivity index (χ1v) is 7.33. The Morgan fingerprint density at radius 3 is 2.52 bits per heavy atom. The molecule has 10 heteroatoms. The lowest BCUT2D eigenvalue weighted by Gasteiger charge is -2.28. The fourth-order valence-corrected chi connectivity index (χ4v) is 2.80. The molecule has 0 aromatic carbocycles. The molecule has 0 amide bonds. The minimum absolute atomic E-state index is 0.255. The highest BCUT2D eigenvalue weighted by Gasteiger charge is 2.44. The van der Waals surface area contributed by atoms with E-state index in [1.54, 1.807) is 4.90 Å². The third-order valence-electron chi connectivity index (χ3n) is 4.09. The van der Waals surface area contributed by atoms with E-state index >= 15 is 0 Å². The Morgan fingerprint density at radius 2 is 1.91 bits per heavy atom. The van der Waals surface area contributed by atoms with Gasteiger partial charge in [-0.3, -0.25) is 14.3 Å². The van der Waals surface area contributed by atoms with E-state index in [2.05, 4.69) is 4.98 Å². The zero-order chi connectivity index (χ0) is 16.6. The number of hydrogen-bond acceptors (Lipinski definition) is 8. The maximum Gasteiger partial charge on any atom is 0.330 e. The minimum Gasteiger partial charge on any atom is -0.394 e. The molecular weight excluding hydrogens is 310 g/mol. The molecule has 4 atom stereocenters. The molecule has 4 N–H and O–H groups in total. The van der Waals surface area contributed by atoms with Gasteiger partial charge in [-0.15, -0.1) is 0 Å². The second kappa shape index (κ2) is 6.42. The summed E-state index contributed by atoms with van der Waals surface area (Å²) in [7, 11) is 0. The lowest BCUT2D eigenvalue weighted by molar-refractivity contribution is -0.0549. The van der Waals surface area contributed by atoms with E-state index in [0.29, 0.717) is 26.3 Å². The Balaban J connectivity index is 1.96. The quantitative estimate of drug-likeness (QED) is 0.460. The Morgan fingerprint density at radius 1 is 1.22 bits per heavy atom. The Kier molecular flexibility index (Phi) is 4.50. The number of aromatic amines is 1. The molecule has 0 bridgehead atoms. The number of H-pyrrole nitrogens is 1. The molecule has 128 valence electrons. The Hall–Kier alpha value is -1.72. The molecule has 0 unspecified atom stereocenters. The van der Waals surface area contributed by atoms with Crippen LogP contribution in [0.2, 0.25) is 0 Å². The lowest BCUT2D eigenvalue weighted by Crippen LogP contribution is -2.43. The second-order valence-electron chi connectivity index (χ2n) is 5.51. The lowest BCUT2D eigenvalue weighted by atomic mass is 10.1. The van der Waals surface area contributed by atoms with E-state index < -0.39 is 42.4 Å². The van der Waals surface area contributed by atoms with Crippen molar-refractivity contribution in [3.05, 3.63) is 27.0 Å². The van der Waals surface area contributed by atoms with Crippen molar-refractivity contribution in [3.63, 3.8) is 0 Å². The molecule has 0 spiro atoms. The van der Waals surface area contributed by atoms with Crippen LogP contribution in [0.3, 0.4) is 0 Å². The highest BCUT2D eigenvalue weighted by Crippen LogP contribution is 2.28. The maximum absolute atomic E-state index is 12.0. The van der Waals surface area contributed by atoms with Crippen LogP contribution in [0.4, 0.5) is 5.69 Å². The van der Waals surface area contributed by atoms with E-state index in [1.807, 2.05) is 0 Å². The number of anilines is 1. The first kappa shape index (κ1) is 16.1. The third kappa shape index (κ3) is 2.91. The minimum atomic E-state index is -1.40. The monoisotopic (exact) mass is 329 g/mol. The summed E-state index contributed by atoms with van der Waals surface area (Å²) in [6, 6.07) is 0. The van der Waals surface area contributed by atoms with Crippen molar-refractivity contribution in [2.24, 2.45) is 0 Å². The summed E-state index contributed by atoms with van der Waals surface area (Å²) in [5, 5.41) is 29.0. The van der Waals surface area contributed by atoms with E-state index in [1.165, 1.54) is 6.20 Å². The molecule has 2 saturated heterocycles. The van der Waals surface area contributed by atoms with Crippen molar-refractivity contribution < 1.29 is 24.8 Å². The SMILES string of the molecule is O=c1[nH]c(=O)n([C@@H]2O[C@H](CO)[C@@H](O)[C@H]2O)cc1N1CCOCC1. The van der Waals surface area contributed by atoms with Gasteiger partial charge < -0.3 is 29.7 Å². The van der Waals surface area contributed by atoms with Crippen molar-refractivity contribution in [2.75, 3.05) is 37.8 Å². The number of ether oxygens (including phenoxy) is 2. The van der Waals surface area contributed by atoms with Crippen LogP contribution in [-0.4, -0.2) is 76.1 Å². The molecule has 3 heterocycles. The molecule has 0 saturated carbocycles. The molecule has 2 aliphatic rings. The number of aliphatic hydroxyl groups is 3. The summed E-state index contributed by atoms with van der Waals surface area (Å²) in [5.74, 6) is 0. The van der Waals surface area contributed by atoms with Crippen molar-refractivity contribution in [1.29, 1.82) is 0 Å². The number of hydrogen-bond donors (Lipinski definition) is 4. The predicted molar refractivity (Wildman–Crippen MR) is 77.4 cm³/mol. The fraction of sp³-hybridized carbons (Fsp3) is 0.692. The van der Waals surface area contributed by atoms with Crippen LogP contribution in [0.15, 0.2) is 15.8 Å². The van der Waals surface area contributed by atoms with Gasteiger partial charge in [-0.1, -0.05) is 0 Å². The van der Waals surface area contributed by atoms with Crippen LogP contribution < -0.4 is 16.1 Å². The normalized spacial score (nSPS) is 31.5. The molecule has 1 aromatic rings. The van der Waals surface area contributed by atoms with Crippen LogP contribution in [-0.2, 0) is 9.47 Å². The number of rotatable bonds is 3. The van der Waals surface area contributed by atoms with Gasteiger partial charge in [0.1, 0.15) is 24.0 Å². The molecule has 10 nitrogen and oxygen atoms in total. The molecular formula is C13H19N3O7. The fourth-order valence-electron chi connectivity index (χ4n) is 2.80. The maximum atomic E-state index is 12.0. The second-order valence-corrected chi connectivity index (χ2v) is 5.51. The van der Waals surface area contributed by atoms with E-state index in [9.17, 15) is 19.8 Å². The number of aliphatic hydroxyl groups excluding tert-OH is 3. The van der Waals surface area contributed by atoms with Gasteiger partial charge in [-0.25, -0.2) is 4.79 Å². The van der Waals surface area contributed by atoms with Crippen LogP contribution in [0.25, 0.3) is 0 Å². The Labute approximate surface area is 130 Å². The highest BCUT2D eigenvalue weighted by molar-refractivity contribution is 5.42. The van der Waals surface area contributed by atoms with Gasteiger partial charge in [0, 0.05) is 19.3 Å². The van der Waals surface area contributed by atoms with Crippen LogP contribution in [0.1, 0.15) is 6.23 Å². The largest absolute Gasteiger partial charge is 0.394 e. The average Bonchev–Trinajstić information content (AvgIpc) is 2.84. The van der Waals surface area contributed by atoms with Crippen molar-refractivity contribution in [1.82, 2.24) is 9.55 Å². The van der Waals surface area contributed by atoms with Crippen LogP contribution >= 0.6 is 0 Å². The molecule has 1 aromatic heterocycles. The van der Waals surface area contributed by atoms with Crippen molar-refractivity contribution >= 4 is 5.69 Å². The third-order valence-corrected chi connectivity index (χ3v) is 4.09. The first-order chi connectivity index (χ1) is 11.0. The molecule has 23 heavy (non-hydrogen) atoms. The van der Waals surface area contributed by atoms with Gasteiger partial charge in [0.05, 0.1) is 19.8 Å². The molecule has 0 aliphatic carbocycles. The van der Waals surface area contributed by atoms with Gasteiger partial charge in [-0.05, 0) is 0 Å². The van der Waals surface area contributed by atoms with E-state index in [-0.39, 0.29) is 5.69 Å². The molecule has 2 aliphatic heterocycles. The summed E-state index contributed by atoms with van der Waals surface area (Å²) in [6.45, 7) is 1.43. The molecule has 2 fully saturated rings. The van der Waals surface area contributed by atoms with Gasteiger partial charge in [0.2, 0.25) is 0 Å². The first-order valence-electron chi connectivity index (χ1n) is 7.33. The van der Waals surface area contributed by atoms with Crippen LogP contribution in [0, 0.1) is 0 Å². The zero-order valence-corrected chi connectivity index (χ0v) is 12.3. The van der Waals surface area contributed by atoms with Gasteiger partial charge in [0.15, 0.2) is 6.23 Å². The summed E-state index contributed by atoms with van der Waals surface area (Å²) in [5.41, 5.74) is -1.05. The van der Waals surface area contributed by atoms with Gasteiger partial charge >= 0.3 is 5.69 Å². The number of nitrogens with zero attached hydrogens (tertiary/aromatic N) is 2. The number of nitrogens with one attached hydrogen (secondary N) is 1. The average molecular weight is 329 g/mol. The summed E-state index contributed by atoms with van der Waals surface area (Å²) < 4.78 is 11.6. The van der Waals surface area contributed by atoms with E-state index in [4.69, 9.17) is 14.6 Å². The zero-order valence-electron chi connectivity index (χ0n) is 12.3. The topological polar surface area (TPSA) is 137 Å². The summed E-state index contributed by atoms with van der Waals surface area (Å²) in [6.07, 6.45) is -3.61. The van der Waals surface area contributed by atoms with Gasteiger partial charge in [-0.2, -0.15) is 0 Å². The van der Waals surface area contributed by atoms with Gasteiger partial charge in [0.25, 0.3) is 5.56 Å². The smallest absolute Gasteiger partial charge is 0.330 e. The van der Waals surface area contributed by atoms with E-state index in [0.717, 1.165) is 4.57 Å².